The topological polar surface area (TPSA) is 62.0 Å². The molecule has 0 N–H and O–H groups in total. The number of benzene rings is 2. The van der Waals surface area contributed by atoms with Crippen LogP contribution < -0.4 is 9.47 Å². The molecule has 6 nitrogen and oxygen atoms in total. The number of aryl methyl sites for hydroxylation is 2. The highest BCUT2D eigenvalue weighted by Crippen LogP contribution is 2.39. The van der Waals surface area contributed by atoms with E-state index in [-0.39, 0.29) is 24.4 Å². The molecule has 0 saturated carbocycles. The quantitative estimate of drug-likeness (QED) is 0.180. The number of ether oxygens (including phenoxy) is 6. The van der Waals surface area contributed by atoms with Crippen molar-refractivity contribution in [2.75, 3.05) is 40.6 Å². The van der Waals surface area contributed by atoms with Gasteiger partial charge in [-0.25, -0.2) is 0 Å². The maximum atomic E-state index is 6.49. The summed E-state index contributed by atoms with van der Waals surface area (Å²) in [7, 11) is 3.47. The zero-order valence-electron chi connectivity index (χ0n) is 27.6. The lowest BCUT2D eigenvalue weighted by molar-refractivity contribution is 0.0367. The van der Waals surface area contributed by atoms with Gasteiger partial charge in [0.15, 0.2) is 0 Å². The van der Waals surface area contributed by atoms with Gasteiger partial charge in [0.2, 0.25) is 0 Å². The minimum absolute atomic E-state index is 0.0376. The molecule has 2 saturated heterocycles. The standard InChI is InChI=1S/C36H54O6/c1-21(2)27-13-25(14-28(22(3)4)35(27)41-17-31(37-9)33-19-39-33)11-12-26-15-29(23(5)6)36(30(16-26)24(7)8)42-18-32(38-10)34-20-40-34/h13-16,21-24,31-34H,11-12,17-20H2,1-10H3. The number of rotatable bonds is 17. The molecule has 2 aromatic rings. The van der Waals surface area contributed by atoms with Crippen molar-refractivity contribution in [1.29, 1.82) is 0 Å². The van der Waals surface area contributed by atoms with Crippen molar-refractivity contribution in [1.82, 2.24) is 0 Å². The first-order valence-electron chi connectivity index (χ1n) is 15.9. The van der Waals surface area contributed by atoms with E-state index in [4.69, 9.17) is 28.4 Å². The smallest absolute Gasteiger partial charge is 0.126 e. The molecule has 0 aliphatic carbocycles. The zero-order valence-corrected chi connectivity index (χ0v) is 27.6. The van der Waals surface area contributed by atoms with Gasteiger partial charge in [0.05, 0.1) is 13.2 Å². The number of methoxy groups -OCH3 is 2. The Morgan fingerprint density at radius 3 is 1.07 bits per heavy atom. The van der Waals surface area contributed by atoms with Crippen molar-refractivity contribution in [3.05, 3.63) is 57.6 Å². The molecule has 4 rings (SSSR count). The summed E-state index contributed by atoms with van der Waals surface area (Å²) in [5.41, 5.74) is 7.78. The Kier molecular flexibility index (Phi) is 11.4. The lowest BCUT2D eigenvalue weighted by Gasteiger charge is -2.24. The predicted octanol–water partition coefficient (Wildman–Crippen LogP) is 7.55. The second kappa shape index (κ2) is 14.6. The van der Waals surface area contributed by atoms with Gasteiger partial charge in [-0.3, -0.25) is 0 Å². The average molecular weight is 583 g/mol. The third-order valence-electron chi connectivity index (χ3n) is 8.54. The molecule has 2 aromatic carbocycles. The van der Waals surface area contributed by atoms with Crippen molar-refractivity contribution < 1.29 is 28.4 Å². The van der Waals surface area contributed by atoms with Crippen LogP contribution in [-0.4, -0.2) is 65.1 Å². The van der Waals surface area contributed by atoms with E-state index in [1.54, 1.807) is 14.2 Å². The molecule has 42 heavy (non-hydrogen) atoms. The van der Waals surface area contributed by atoms with Crippen LogP contribution in [0.3, 0.4) is 0 Å². The number of hydrogen-bond acceptors (Lipinski definition) is 6. The SMILES string of the molecule is COC(COc1c(C(C)C)cc(CCc2cc(C(C)C)c(OCC(OC)C3CO3)c(C(C)C)c2)cc1C(C)C)C1CO1. The summed E-state index contributed by atoms with van der Waals surface area (Å²) < 4.78 is 35.2. The highest BCUT2D eigenvalue weighted by atomic mass is 16.6. The van der Waals surface area contributed by atoms with Crippen molar-refractivity contribution in [2.24, 2.45) is 0 Å². The average Bonchev–Trinajstić information content (AvgIpc) is 3.87. The first kappa shape index (κ1) is 32.8. The Balaban J connectivity index is 1.57. The highest BCUT2D eigenvalue weighted by molar-refractivity contribution is 5.50. The summed E-state index contributed by atoms with van der Waals surface area (Å²) in [6.07, 6.45) is 2.16. The monoisotopic (exact) mass is 582 g/mol. The lowest BCUT2D eigenvalue weighted by Crippen LogP contribution is -2.27. The molecule has 0 bridgehead atoms. The first-order chi connectivity index (χ1) is 20.0. The van der Waals surface area contributed by atoms with Gasteiger partial charge in [-0.15, -0.1) is 0 Å². The minimum atomic E-state index is -0.0376. The fourth-order valence-corrected chi connectivity index (χ4v) is 5.63. The Bertz CT molecular complexity index is 1010. The van der Waals surface area contributed by atoms with Crippen LogP contribution in [-0.2, 0) is 31.8 Å². The van der Waals surface area contributed by atoms with Crippen molar-refractivity contribution in [3.63, 3.8) is 0 Å². The number of hydrogen-bond donors (Lipinski definition) is 0. The molecule has 0 amide bonds. The van der Waals surface area contributed by atoms with E-state index in [2.05, 4.69) is 79.7 Å². The van der Waals surface area contributed by atoms with E-state index in [1.165, 1.54) is 33.4 Å². The Hall–Kier alpha value is -2.12. The summed E-state index contributed by atoms with van der Waals surface area (Å²) in [6, 6.07) is 9.43. The van der Waals surface area contributed by atoms with Crippen molar-refractivity contribution in [3.8, 4) is 11.5 Å². The molecule has 0 radical (unpaired) electrons. The van der Waals surface area contributed by atoms with Gasteiger partial charge in [0, 0.05) is 14.2 Å². The van der Waals surface area contributed by atoms with Crippen LogP contribution in [0.2, 0.25) is 0 Å². The van der Waals surface area contributed by atoms with Crippen LogP contribution in [0.25, 0.3) is 0 Å². The molecule has 0 spiro atoms. The van der Waals surface area contributed by atoms with Crippen LogP contribution in [0.5, 0.6) is 11.5 Å². The fraction of sp³-hybridized carbons (Fsp3) is 0.667. The maximum Gasteiger partial charge on any atom is 0.126 e. The lowest BCUT2D eigenvalue weighted by atomic mass is 9.88. The summed E-state index contributed by atoms with van der Waals surface area (Å²) in [5.74, 6) is 3.44. The molecule has 2 heterocycles. The number of epoxide rings is 2. The van der Waals surface area contributed by atoms with Crippen LogP contribution in [0.4, 0.5) is 0 Å². The summed E-state index contributed by atoms with van der Waals surface area (Å²) >= 11 is 0. The van der Waals surface area contributed by atoms with E-state index in [0.29, 0.717) is 36.9 Å². The molecule has 2 aliphatic rings. The maximum absolute atomic E-state index is 6.49. The Morgan fingerprint density at radius 2 is 0.857 bits per heavy atom. The summed E-state index contributed by atoms with van der Waals surface area (Å²) in [5, 5.41) is 0. The molecule has 234 valence electrons. The molecule has 2 fully saturated rings. The zero-order chi connectivity index (χ0) is 30.6. The molecular formula is C36H54O6. The van der Waals surface area contributed by atoms with Crippen LogP contribution in [0.1, 0.15) is 112 Å². The summed E-state index contributed by atoms with van der Waals surface area (Å²) in [4.78, 5) is 0. The first-order valence-corrected chi connectivity index (χ1v) is 15.9. The molecule has 6 heteroatoms. The van der Waals surface area contributed by atoms with Gasteiger partial charge < -0.3 is 28.4 Å². The van der Waals surface area contributed by atoms with E-state index in [0.717, 1.165) is 37.6 Å². The van der Waals surface area contributed by atoms with Gasteiger partial charge in [-0.05, 0) is 69.9 Å². The minimum Gasteiger partial charge on any atom is -0.490 e. The second-order valence-corrected chi connectivity index (χ2v) is 13.2. The molecule has 4 atom stereocenters. The van der Waals surface area contributed by atoms with E-state index >= 15 is 0 Å². The van der Waals surface area contributed by atoms with Crippen LogP contribution in [0.15, 0.2) is 24.3 Å². The highest BCUT2D eigenvalue weighted by Gasteiger charge is 2.35. The van der Waals surface area contributed by atoms with Gasteiger partial charge in [-0.2, -0.15) is 0 Å². The summed E-state index contributed by atoms with van der Waals surface area (Å²) in [6.45, 7) is 20.5. The normalized spacial score (nSPS) is 19.6. The van der Waals surface area contributed by atoms with Gasteiger partial charge in [0.1, 0.15) is 49.1 Å². The fourth-order valence-electron chi connectivity index (χ4n) is 5.63. The third-order valence-corrected chi connectivity index (χ3v) is 8.54. The van der Waals surface area contributed by atoms with Crippen LogP contribution in [0, 0.1) is 0 Å². The molecule has 0 aromatic heterocycles. The van der Waals surface area contributed by atoms with Crippen LogP contribution >= 0.6 is 0 Å². The van der Waals surface area contributed by atoms with Gasteiger partial charge in [-0.1, -0.05) is 79.7 Å². The third kappa shape index (κ3) is 8.28. The van der Waals surface area contributed by atoms with Gasteiger partial charge >= 0.3 is 0 Å². The molecule has 4 unspecified atom stereocenters. The molecular weight excluding hydrogens is 528 g/mol. The van der Waals surface area contributed by atoms with E-state index < -0.39 is 0 Å². The largest absolute Gasteiger partial charge is 0.490 e. The predicted molar refractivity (Wildman–Crippen MR) is 169 cm³/mol. The Morgan fingerprint density at radius 1 is 0.571 bits per heavy atom. The van der Waals surface area contributed by atoms with E-state index in [9.17, 15) is 0 Å². The van der Waals surface area contributed by atoms with Crippen molar-refractivity contribution in [2.45, 2.75) is 116 Å². The molecule has 2 aliphatic heterocycles. The Labute approximate surface area is 254 Å². The van der Waals surface area contributed by atoms with E-state index in [1.807, 2.05) is 0 Å². The van der Waals surface area contributed by atoms with Gasteiger partial charge in [0.25, 0.3) is 0 Å². The van der Waals surface area contributed by atoms with Crippen molar-refractivity contribution >= 4 is 0 Å². The second-order valence-electron chi connectivity index (χ2n) is 13.2.